The number of carbonyl (C=O) groups excluding carboxylic acids is 1. The Kier molecular flexibility index (Phi) is 5.23. The standard InChI is InChI=1S/C21H12F3NO2/c22-16-8-5-14(6-9-16)20(26)15(12-25)11-18-17-4-2-1-3-13(17)7-10-19(18)27-21(23)24/h1-11,21H/b15-11+. The van der Waals surface area contributed by atoms with Crippen molar-refractivity contribution in [3.63, 3.8) is 0 Å². The first-order valence-corrected chi connectivity index (χ1v) is 7.88. The minimum Gasteiger partial charge on any atom is -0.434 e. The van der Waals surface area contributed by atoms with Gasteiger partial charge in [0.05, 0.1) is 0 Å². The van der Waals surface area contributed by atoms with Crippen LogP contribution in [0.2, 0.25) is 0 Å². The number of ether oxygens (including phenoxy) is 1. The number of ketones is 1. The van der Waals surface area contributed by atoms with Gasteiger partial charge in [-0.3, -0.25) is 4.79 Å². The minimum absolute atomic E-state index is 0.112. The lowest BCUT2D eigenvalue weighted by Gasteiger charge is -2.11. The molecule has 0 N–H and O–H groups in total. The molecule has 3 aromatic rings. The van der Waals surface area contributed by atoms with Crippen LogP contribution >= 0.6 is 0 Å². The fourth-order valence-corrected chi connectivity index (χ4v) is 2.67. The smallest absolute Gasteiger partial charge is 0.387 e. The van der Waals surface area contributed by atoms with E-state index < -0.39 is 18.2 Å². The third kappa shape index (κ3) is 3.98. The van der Waals surface area contributed by atoms with Crippen molar-refractivity contribution in [1.29, 1.82) is 5.26 Å². The van der Waals surface area contributed by atoms with E-state index in [1.54, 1.807) is 36.4 Å². The Balaban J connectivity index is 2.15. The van der Waals surface area contributed by atoms with Gasteiger partial charge in [-0.1, -0.05) is 30.3 Å². The predicted octanol–water partition coefficient (Wildman–Crippen LogP) is 5.37. The number of hydrogen-bond acceptors (Lipinski definition) is 3. The molecule has 0 aromatic heterocycles. The molecule has 27 heavy (non-hydrogen) atoms. The quantitative estimate of drug-likeness (QED) is 0.346. The maximum Gasteiger partial charge on any atom is 0.387 e. The van der Waals surface area contributed by atoms with Gasteiger partial charge in [0.25, 0.3) is 0 Å². The number of allylic oxidation sites excluding steroid dienone is 1. The van der Waals surface area contributed by atoms with Crippen LogP contribution in [0.5, 0.6) is 5.75 Å². The molecule has 0 amide bonds. The number of alkyl halides is 2. The number of Topliss-reactive ketones (excluding diaryl/α,β-unsaturated/α-hetero) is 1. The van der Waals surface area contributed by atoms with Gasteiger partial charge < -0.3 is 4.74 Å². The van der Waals surface area contributed by atoms with Gasteiger partial charge >= 0.3 is 6.61 Å². The molecule has 3 aromatic carbocycles. The molecule has 0 bridgehead atoms. The zero-order chi connectivity index (χ0) is 19.4. The highest BCUT2D eigenvalue weighted by atomic mass is 19.3. The maximum atomic E-state index is 13.1. The molecule has 6 heteroatoms. The van der Waals surface area contributed by atoms with E-state index in [9.17, 15) is 23.2 Å². The van der Waals surface area contributed by atoms with Crippen molar-refractivity contribution < 1.29 is 22.7 Å². The van der Waals surface area contributed by atoms with Crippen LogP contribution in [0.4, 0.5) is 13.2 Å². The first-order valence-electron chi connectivity index (χ1n) is 7.88. The molecular weight excluding hydrogens is 355 g/mol. The number of nitriles is 1. The summed E-state index contributed by atoms with van der Waals surface area (Å²) in [6, 6.07) is 16.4. The van der Waals surface area contributed by atoms with E-state index in [1.807, 2.05) is 0 Å². The second kappa shape index (κ2) is 7.75. The van der Waals surface area contributed by atoms with E-state index in [-0.39, 0.29) is 22.4 Å². The van der Waals surface area contributed by atoms with E-state index in [2.05, 4.69) is 4.74 Å². The predicted molar refractivity (Wildman–Crippen MR) is 94.9 cm³/mol. The lowest BCUT2D eigenvalue weighted by atomic mass is 9.98. The number of hydrogen-bond donors (Lipinski definition) is 0. The molecule has 0 heterocycles. The van der Waals surface area contributed by atoms with E-state index in [1.165, 1.54) is 24.3 Å². The van der Waals surface area contributed by atoms with Crippen LogP contribution in [-0.2, 0) is 0 Å². The summed E-state index contributed by atoms with van der Waals surface area (Å²) in [7, 11) is 0. The summed E-state index contributed by atoms with van der Waals surface area (Å²) < 4.78 is 43.1. The van der Waals surface area contributed by atoms with Gasteiger partial charge in [-0.25, -0.2) is 4.39 Å². The second-order valence-electron chi connectivity index (χ2n) is 5.58. The lowest BCUT2D eigenvalue weighted by Crippen LogP contribution is -2.05. The average molecular weight is 367 g/mol. The number of halogens is 3. The molecule has 0 saturated carbocycles. The van der Waals surface area contributed by atoms with Crippen LogP contribution in [0.1, 0.15) is 15.9 Å². The zero-order valence-corrected chi connectivity index (χ0v) is 13.8. The summed E-state index contributed by atoms with van der Waals surface area (Å²) in [4.78, 5) is 12.6. The molecule has 0 radical (unpaired) electrons. The molecular formula is C21H12F3NO2. The van der Waals surface area contributed by atoms with Crippen molar-refractivity contribution in [2.45, 2.75) is 6.61 Å². The molecule has 0 unspecified atom stereocenters. The molecule has 0 saturated heterocycles. The topological polar surface area (TPSA) is 50.1 Å². The van der Waals surface area contributed by atoms with E-state index in [0.717, 1.165) is 17.5 Å². The summed E-state index contributed by atoms with van der Waals surface area (Å²) in [5.74, 6) is -1.31. The van der Waals surface area contributed by atoms with Gasteiger partial charge in [-0.15, -0.1) is 0 Å². The van der Waals surface area contributed by atoms with Gasteiger partial charge in [-0.2, -0.15) is 14.0 Å². The summed E-state index contributed by atoms with van der Waals surface area (Å²) in [5.41, 5.74) is 0.0262. The highest BCUT2D eigenvalue weighted by molar-refractivity contribution is 6.15. The van der Waals surface area contributed by atoms with Gasteiger partial charge in [0.15, 0.2) is 0 Å². The largest absolute Gasteiger partial charge is 0.434 e. The molecule has 3 rings (SSSR count). The molecule has 0 aliphatic carbocycles. The summed E-state index contributed by atoms with van der Waals surface area (Å²) in [6.45, 7) is -3.06. The Morgan fingerprint density at radius 3 is 2.41 bits per heavy atom. The highest BCUT2D eigenvalue weighted by Gasteiger charge is 2.16. The second-order valence-corrected chi connectivity index (χ2v) is 5.58. The fourth-order valence-electron chi connectivity index (χ4n) is 2.67. The third-order valence-electron chi connectivity index (χ3n) is 3.91. The van der Waals surface area contributed by atoms with E-state index in [0.29, 0.717) is 5.39 Å². The van der Waals surface area contributed by atoms with Crippen LogP contribution in [0.3, 0.4) is 0 Å². The maximum absolute atomic E-state index is 13.1. The Morgan fingerprint density at radius 2 is 1.74 bits per heavy atom. The molecule has 0 aliphatic rings. The van der Waals surface area contributed by atoms with Gasteiger partial charge in [0, 0.05) is 11.1 Å². The fraction of sp³-hybridized carbons (Fsp3) is 0.0476. The third-order valence-corrected chi connectivity index (χ3v) is 3.91. The molecule has 0 fully saturated rings. The Morgan fingerprint density at radius 1 is 1.04 bits per heavy atom. The number of benzene rings is 3. The Labute approximate surface area is 152 Å². The highest BCUT2D eigenvalue weighted by Crippen LogP contribution is 2.31. The van der Waals surface area contributed by atoms with E-state index >= 15 is 0 Å². The molecule has 0 atom stereocenters. The lowest BCUT2D eigenvalue weighted by molar-refractivity contribution is -0.0498. The Hall–Kier alpha value is -3.59. The van der Waals surface area contributed by atoms with Crippen molar-refractivity contribution in [3.8, 4) is 11.8 Å². The molecule has 3 nitrogen and oxygen atoms in total. The van der Waals surface area contributed by atoms with Gasteiger partial charge in [-0.05, 0) is 47.2 Å². The molecule has 0 spiro atoms. The SMILES string of the molecule is N#C/C(=C\c1c(OC(F)F)ccc2ccccc12)C(=O)c1ccc(F)cc1. The van der Waals surface area contributed by atoms with Crippen LogP contribution in [0, 0.1) is 17.1 Å². The molecule has 134 valence electrons. The summed E-state index contributed by atoms with van der Waals surface area (Å²) >= 11 is 0. The summed E-state index contributed by atoms with van der Waals surface area (Å²) in [5, 5.41) is 10.7. The molecule has 0 aliphatic heterocycles. The van der Waals surface area contributed by atoms with Crippen molar-refractivity contribution in [3.05, 3.63) is 83.2 Å². The first-order chi connectivity index (χ1) is 13.0. The van der Waals surface area contributed by atoms with Crippen molar-refractivity contribution in [2.75, 3.05) is 0 Å². The number of rotatable bonds is 5. The van der Waals surface area contributed by atoms with Crippen molar-refractivity contribution in [1.82, 2.24) is 0 Å². The van der Waals surface area contributed by atoms with Gasteiger partial charge in [0.2, 0.25) is 5.78 Å². The Bertz CT molecular complexity index is 1070. The van der Waals surface area contributed by atoms with Crippen LogP contribution < -0.4 is 4.74 Å². The zero-order valence-electron chi connectivity index (χ0n) is 13.8. The summed E-state index contributed by atoms with van der Waals surface area (Å²) in [6.07, 6.45) is 1.21. The number of carbonyl (C=O) groups is 1. The average Bonchev–Trinajstić information content (AvgIpc) is 2.67. The van der Waals surface area contributed by atoms with Gasteiger partial charge in [0.1, 0.15) is 23.2 Å². The van der Waals surface area contributed by atoms with Crippen LogP contribution in [0.25, 0.3) is 16.8 Å². The monoisotopic (exact) mass is 367 g/mol. The number of nitrogens with zero attached hydrogens (tertiary/aromatic N) is 1. The normalized spacial score (nSPS) is 11.4. The van der Waals surface area contributed by atoms with Crippen LogP contribution in [-0.4, -0.2) is 12.4 Å². The van der Waals surface area contributed by atoms with Crippen LogP contribution in [0.15, 0.2) is 66.2 Å². The first kappa shape index (κ1) is 18.2. The number of fused-ring (bicyclic) bond motifs is 1. The van der Waals surface area contributed by atoms with Crippen molar-refractivity contribution >= 4 is 22.6 Å². The van der Waals surface area contributed by atoms with E-state index in [4.69, 9.17) is 0 Å². The van der Waals surface area contributed by atoms with Crippen molar-refractivity contribution in [2.24, 2.45) is 0 Å². The minimum atomic E-state index is -3.06.